The number of hydrogen-bond acceptors (Lipinski definition) is 6. The van der Waals surface area contributed by atoms with Crippen molar-refractivity contribution in [3.8, 4) is 0 Å². The summed E-state index contributed by atoms with van der Waals surface area (Å²) >= 11 is 7.39. The summed E-state index contributed by atoms with van der Waals surface area (Å²) in [7, 11) is 0. The van der Waals surface area contributed by atoms with Gasteiger partial charge >= 0.3 is 0 Å². The normalized spacial score (nSPS) is 10.7. The van der Waals surface area contributed by atoms with Gasteiger partial charge < -0.3 is 15.6 Å². The van der Waals surface area contributed by atoms with Crippen LogP contribution in [0.25, 0.3) is 0 Å². The van der Waals surface area contributed by atoms with E-state index in [2.05, 4.69) is 20.3 Å². The van der Waals surface area contributed by atoms with E-state index in [4.69, 9.17) is 17.3 Å². The highest BCUT2D eigenvalue weighted by atomic mass is 35.5. The molecule has 2 heterocycles. The van der Waals surface area contributed by atoms with E-state index in [1.165, 1.54) is 18.1 Å². The molecule has 3 N–H and O–H groups in total. The first-order chi connectivity index (χ1) is 11.7. The van der Waals surface area contributed by atoms with E-state index < -0.39 is 0 Å². The molecule has 0 aliphatic carbocycles. The number of hydrogen-bond donors (Lipinski definition) is 2. The summed E-state index contributed by atoms with van der Waals surface area (Å²) in [5.74, 6) is 0.659. The Labute approximate surface area is 149 Å². The van der Waals surface area contributed by atoms with Gasteiger partial charge in [0, 0.05) is 35.4 Å². The zero-order valence-electron chi connectivity index (χ0n) is 12.9. The molecule has 6 nitrogen and oxygen atoms in total. The topological polar surface area (TPSA) is 81.6 Å². The molecule has 124 valence electrons. The molecule has 0 atom stereocenters. The Balaban J connectivity index is 1.59. The second-order valence-electron chi connectivity index (χ2n) is 5.08. The van der Waals surface area contributed by atoms with Crippen LogP contribution in [0.1, 0.15) is 6.42 Å². The second kappa shape index (κ2) is 8.03. The van der Waals surface area contributed by atoms with Crippen molar-refractivity contribution in [2.45, 2.75) is 22.9 Å². The zero-order chi connectivity index (χ0) is 16.8. The van der Waals surface area contributed by atoms with Gasteiger partial charge in [-0.1, -0.05) is 23.4 Å². The molecule has 0 unspecified atom stereocenters. The van der Waals surface area contributed by atoms with E-state index in [0.717, 1.165) is 29.4 Å². The van der Waals surface area contributed by atoms with Crippen LogP contribution in [0.15, 0.2) is 59.2 Å². The fourth-order valence-corrected chi connectivity index (χ4v) is 3.03. The molecular weight excluding hydrogens is 344 g/mol. The molecule has 0 radical (unpaired) electrons. The third-order valence-corrected chi connectivity index (χ3v) is 4.60. The van der Waals surface area contributed by atoms with Gasteiger partial charge in [0.15, 0.2) is 5.82 Å². The minimum absolute atomic E-state index is 0.556. The largest absolute Gasteiger partial charge is 0.394 e. The molecule has 8 heteroatoms. The average molecular weight is 361 g/mol. The first kappa shape index (κ1) is 16.6. The SMILES string of the molecule is Nc1c(NCCCn2ccnc2)ncnc1Sc1ccc(Cl)cc1. The number of rotatable bonds is 7. The predicted octanol–water partition coefficient (Wildman–Crippen LogP) is 3.56. The molecule has 3 rings (SSSR count). The maximum atomic E-state index is 6.19. The Morgan fingerprint density at radius 3 is 2.79 bits per heavy atom. The van der Waals surface area contributed by atoms with E-state index in [-0.39, 0.29) is 0 Å². The third-order valence-electron chi connectivity index (χ3n) is 3.32. The lowest BCUT2D eigenvalue weighted by molar-refractivity contribution is 0.660. The van der Waals surface area contributed by atoms with Crippen molar-refractivity contribution in [1.29, 1.82) is 0 Å². The molecule has 0 spiro atoms. The summed E-state index contributed by atoms with van der Waals surface area (Å²) in [5.41, 5.74) is 6.74. The van der Waals surface area contributed by atoms with Crippen LogP contribution in [0.5, 0.6) is 0 Å². The molecule has 0 saturated heterocycles. The van der Waals surface area contributed by atoms with Gasteiger partial charge in [0.25, 0.3) is 0 Å². The van der Waals surface area contributed by atoms with E-state index in [1.54, 1.807) is 12.5 Å². The predicted molar refractivity (Wildman–Crippen MR) is 97.4 cm³/mol. The lowest BCUT2D eigenvalue weighted by Gasteiger charge is -2.11. The fraction of sp³-hybridized carbons (Fsp3) is 0.188. The van der Waals surface area contributed by atoms with Crippen LogP contribution in [-0.2, 0) is 6.54 Å². The van der Waals surface area contributed by atoms with Gasteiger partial charge in [-0.2, -0.15) is 0 Å². The van der Waals surface area contributed by atoms with E-state index >= 15 is 0 Å². The maximum absolute atomic E-state index is 6.19. The van der Waals surface area contributed by atoms with Gasteiger partial charge in [-0.25, -0.2) is 15.0 Å². The molecule has 2 aromatic heterocycles. The second-order valence-corrected chi connectivity index (χ2v) is 6.58. The average Bonchev–Trinajstić information content (AvgIpc) is 3.10. The molecular formula is C16H17ClN6S. The summed E-state index contributed by atoms with van der Waals surface area (Å²) in [4.78, 5) is 13.5. The smallest absolute Gasteiger partial charge is 0.153 e. The molecule has 0 fully saturated rings. The minimum atomic E-state index is 0.556. The van der Waals surface area contributed by atoms with Crippen LogP contribution in [0.3, 0.4) is 0 Å². The summed E-state index contributed by atoms with van der Waals surface area (Å²) in [6, 6.07) is 7.56. The van der Waals surface area contributed by atoms with Crippen LogP contribution in [0.2, 0.25) is 5.02 Å². The van der Waals surface area contributed by atoms with Crippen molar-refractivity contribution < 1.29 is 0 Å². The number of halogens is 1. The van der Waals surface area contributed by atoms with Crippen LogP contribution in [-0.4, -0.2) is 26.1 Å². The van der Waals surface area contributed by atoms with Gasteiger partial charge in [-0.3, -0.25) is 0 Å². The first-order valence-electron chi connectivity index (χ1n) is 7.46. The zero-order valence-corrected chi connectivity index (χ0v) is 14.5. The van der Waals surface area contributed by atoms with E-state index in [1.807, 2.05) is 35.0 Å². The van der Waals surface area contributed by atoms with E-state index in [9.17, 15) is 0 Å². The maximum Gasteiger partial charge on any atom is 0.153 e. The molecule has 0 aliphatic heterocycles. The molecule has 1 aromatic carbocycles. The third kappa shape index (κ3) is 4.39. The van der Waals surface area contributed by atoms with Crippen LogP contribution < -0.4 is 11.1 Å². The van der Waals surface area contributed by atoms with Gasteiger partial charge in [0.05, 0.1) is 6.33 Å². The summed E-state index contributed by atoms with van der Waals surface area (Å²) in [5, 5.41) is 4.70. The van der Waals surface area contributed by atoms with Gasteiger partial charge in [-0.15, -0.1) is 0 Å². The van der Waals surface area contributed by atoms with Gasteiger partial charge in [0.1, 0.15) is 17.0 Å². The van der Waals surface area contributed by atoms with Crippen molar-refractivity contribution in [3.63, 3.8) is 0 Å². The molecule has 0 amide bonds. The Hall–Kier alpha value is -2.25. The number of nitrogens with one attached hydrogen (secondary N) is 1. The summed E-state index contributed by atoms with van der Waals surface area (Å²) < 4.78 is 2.03. The number of nitrogens with two attached hydrogens (primary N) is 1. The Morgan fingerprint density at radius 2 is 2.04 bits per heavy atom. The number of nitrogens with zero attached hydrogens (tertiary/aromatic N) is 4. The molecule has 24 heavy (non-hydrogen) atoms. The van der Waals surface area contributed by atoms with Crippen molar-refractivity contribution in [2.75, 3.05) is 17.6 Å². The highest BCUT2D eigenvalue weighted by molar-refractivity contribution is 7.99. The highest BCUT2D eigenvalue weighted by Crippen LogP contribution is 2.33. The lowest BCUT2D eigenvalue weighted by atomic mass is 10.4. The number of aryl methyl sites for hydroxylation is 1. The van der Waals surface area contributed by atoms with Crippen LogP contribution in [0, 0.1) is 0 Å². The van der Waals surface area contributed by atoms with Crippen molar-refractivity contribution >= 4 is 34.9 Å². The molecule has 3 aromatic rings. The van der Waals surface area contributed by atoms with E-state index in [0.29, 0.717) is 16.5 Å². The highest BCUT2D eigenvalue weighted by Gasteiger charge is 2.09. The van der Waals surface area contributed by atoms with Crippen molar-refractivity contribution in [1.82, 2.24) is 19.5 Å². The Morgan fingerprint density at radius 1 is 1.21 bits per heavy atom. The Kier molecular flexibility index (Phi) is 5.55. The quantitative estimate of drug-likeness (QED) is 0.495. The van der Waals surface area contributed by atoms with Gasteiger partial charge in [-0.05, 0) is 30.7 Å². The number of aromatic nitrogens is 4. The Bertz CT molecular complexity index is 776. The number of benzene rings is 1. The number of nitrogen functional groups attached to an aromatic ring is 1. The molecule has 0 aliphatic rings. The minimum Gasteiger partial charge on any atom is -0.394 e. The summed E-state index contributed by atoms with van der Waals surface area (Å²) in [6.07, 6.45) is 7.99. The van der Waals surface area contributed by atoms with Crippen molar-refractivity contribution in [3.05, 3.63) is 54.3 Å². The standard InChI is InChI=1S/C16H17ClN6S/c17-12-2-4-13(5-3-12)24-16-14(18)15(21-10-22-16)20-6-1-8-23-9-7-19-11-23/h2-5,7,9-11H,1,6,8,18H2,(H,20,21,22). The monoisotopic (exact) mass is 360 g/mol. The molecule has 0 saturated carbocycles. The molecule has 0 bridgehead atoms. The number of imidazole rings is 1. The number of anilines is 2. The fourth-order valence-electron chi connectivity index (χ4n) is 2.10. The van der Waals surface area contributed by atoms with Crippen LogP contribution in [0.4, 0.5) is 11.5 Å². The van der Waals surface area contributed by atoms with Crippen LogP contribution >= 0.6 is 23.4 Å². The van der Waals surface area contributed by atoms with Crippen molar-refractivity contribution in [2.24, 2.45) is 0 Å². The summed E-state index contributed by atoms with van der Waals surface area (Å²) in [6.45, 7) is 1.66. The first-order valence-corrected chi connectivity index (χ1v) is 8.65. The van der Waals surface area contributed by atoms with Gasteiger partial charge in [0.2, 0.25) is 0 Å². The lowest BCUT2D eigenvalue weighted by Crippen LogP contribution is -2.09.